The van der Waals surface area contributed by atoms with Gasteiger partial charge in [-0.05, 0) is 66.3 Å². The maximum atomic E-state index is 1.65. The van der Waals surface area contributed by atoms with Gasteiger partial charge in [-0.2, -0.15) is 0 Å². The largest absolute Gasteiger partial charge is 0.0948 e. The van der Waals surface area contributed by atoms with Gasteiger partial charge in [-0.15, -0.1) is 0 Å². The molecular formula is C16H25P. The van der Waals surface area contributed by atoms with E-state index in [4.69, 9.17) is 0 Å². The topological polar surface area (TPSA) is 0 Å². The van der Waals surface area contributed by atoms with E-state index < -0.39 is 0 Å². The molecule has 4 atom stereocenters. The Kier molecular flexibility index (Phi) is 1.88. The monoisotopic (exact) mass is 248 g/mol. The molecule has 3 aliphatic carbocycles. The van der Waals surface area contributed by atoms with Gasteiger partial charge in [0.2, 0.25) is 0 Å². The van der Waals surface area contributed by atoms with Crippen LogP contribution in [0, 0.1) is 10.8 Å². The maximum Gasteiger partial charge on any atom is -0.00785 e. The van der Waals surface area contributed by atoms with Crippen LogP contribution in [-0.2, 0) is 0 Å². The van der Waals surface area contributed by atoms with Gasteiger partial charge < -0.3 is 0 Å². The summed E-state index contributed by atoms with van der Waals surface area (Å²) in [5, 5.41) is 0. The first-order valence-electron chi connectivity index (χ1n) is 8.16. The van der Waals surface area contributed by atoms with E-state index in [0.717, 1.165) is 10.8 Å². The lowest BCUT2D eigenvalue weighted by atomic mass is 9.51. The average Bonchev–Trinajstić information content (AvgIpc) is 2.27. The third-order valence-corrected chi connectivity index (χ3v) is 12.1. The maximum absolute atomic E-state index is 1.65. The van der Waals surface area contributed by atoms with Crippen LogP contribution in [0.4, 0.5) is 0 Å². The van der Waals surface area contributed by atoms with Gasteiger partial charge in [0.15, 0.2) is 0 Å². The van der Waals surface area contributed by atoms with Gasteiger partial charge in [-0.1, -0.05) is 40.0 Å². The highest BCUT2D eigenvalue weighted by Crippen LogP contribution is 2.93. The number of rotatable bonds is 0. The lowest BCUT2D eigenvalue weighted by Gasteiger charge is -2.84. The van der Waals surface area contributed by atoms with Crippen molar-refractivity contribution in [3.63, 3.8) is 0 Å². The molecule has 2 aliphatic heterocycles. The molecular weight excluding hydrogens is 223 g/mol. The van der Waals surface area contributed by atoms with E-state index in [2.05, 4.69) is 0 Å². The Hall–Kier alpha value is 0.430. The summed E-state index contributed by atoms with van der Waals surface area (Å²) in [4.78, 5) is 0. The first-order valence-corrected chi connectivity index (χ1v) is 9.71. The van der Waals surface area contributed by atoms with Crippen LogP contribution in [0.15, 0.2) is 0 Å². The third-order valence-electron chi connectivity index (χ3n) is 7.46. The van der Waals surface area contributed by atoms with Gasteiger partial charge in [0.25, 0.3) is 0 Å². The Morgan fingerprint density at radius 1 is 0.647 bits per heavy atom. The van der Waals surface area contributed by atoms with Crippen molar-refractivity contribution in [2.75, 3.05) is 0 Å². The fraction of sp³-hybridized carbons (Fsp3) is 1.00. The van der Waals surface area contributed by atoms with Crippen LogP contribution in [0.25, 0.3) is 0 Å². The normalized spacial score (nSPS) is 63.5. The lowest BCUT2D eigenvalue weighted by molar-refractivity contribution is -0.0428. The van der Waals surface area contributed by atoms with E-state index in [1.165, 1.54) is 17.0 Å². The Morgan fingerprint density at radius 2 is 1.18 bits per heavy atom. The van der Waals surface area contributed by atoms with E-state index >= 15 is 0 Å². The smallest absolute Gasteiger partial charge is 0.00785 e. The minimum Gasteiger partial charge on any atom is -0.0948 e. The van der Waals surface area contributed by atoms with Crippen molar-refractivity contribution in [1.29, 1.82) is 0 Å². The molecule has 0 bridgehead atoms. The van der Waals surface area contributed by atoms with Crippen LogP contribution in [0.5, 0.6) is 0 Å². The van der Waals surface area contributed by atoms with Crippen molar-refractivity contribution in [2.45, 2.75) is 87.6 Å². The van der Waals surface area contributed by atoms with Crippen LogP contribution >= 0.6 is 7.92 Å². The molecule has 2 saturated heterocycles. The Bertz CT molecular complexity index is 325. The molecule has 3 saturated carbocycles. The van der Waals surface area contributed by atoms with Crippen molar-refractivity contribution in [2.24, 2.45) is 10.8 Å². The van der Waals surface area contributed by atoms with Gasteiger partial charge >= 0.3 is 0 Å². The highest BCUT2D eigenvalue weighted by Gasteiger charge is 2.79. The van der Waals surface area contributed by atoms with Crippen LogP contribution in [0.2, 0.25) is 0 Å². The molecule has 1 heteroatoms. The summed E-state index contributed by atoms with van der Waals surface area (Å²) >= 11 is 0. The highest BCUT2D eigenvalue weighted by molar-refractivity contribution is 7.63. The summed E-state index contributed by atoms with van der Waals surface area (Å²) in [5.41, 5.74) is 5.72. The van der Waals surface area contributed by atoms with E-state index in [1.54, 1.807) is 70.6 Å². The van der Waals surface area contributed by atoms with Crippen LogP contribution < -0.4 is 0 Å². The molecule has 5 fully saturated rings. The van der Waals surface area contributed by atoms with Crippen molar-refractivity contribution in [1.82, 2.24) is 0 Å². The second kappa shape index (κ2) is 3.12. The molecule has 5 aliphatic rings. The summed E-state index contributed by atoms with van der Waals surface area (Å²) in [6, 6.07) is 0. The summed E-state index contributed by atoms with van der Waals surface area (Å²) in [5.74, 6) is 0. The van der Waals surface area contributed by atoms with E-state index in [1.807, 2.05) is 0 Å². The second-order valence-corrected chi connectivity index (χ2v) is 10.4. The molecule has 17 heavy (non-hydrogen) atoms. The van der Waals surface area contributed by atoms with E-state index in [9.17, 15) is 0 Å². The third kappa shape index (κ3) is 0.937. The predicted octanol–water partition coefficient (Wildman–Crippen LogP) is 4.91. The molecule has 0 aromatic carbocycles. The molecule has 0 aromatic heterocycles. The van der Waals surface area contributed by atoms with E-state index in [0.29, 0.717) is 7.92 Å². The molecule has 0 N–H and O–H groups in total. The van der Waals surface area contributed by atoms with E-state index in [-0.39, 0.29) is 0 Å². The van der Waals surface area contributed by atoms with Crippen LogP contribution in [-0.4, -0.2) is 17.0 Å². The summed E-state index contributed by atoms with van der Waals surface area (Å²) in [7, 11) is 0.535. The molecule has 2 heterocycles. The van der Waals surface area contributed by atoms with Gasteiger partial charge in [-0.3, -0.25) is 0 Å². The standard InChI is InChI=1S/C16H25P/c1-3-8-15-10-5-11-16-9-4-2-7-13(16)17(14(15)16)12(15)6-1/h12-14H,1-11H2. The van der Waals surface area contributed by atoms with Crippen molar-refractivity contribution >= 4 is 7.92 Å². The fourth-order valence-electron chi connectivity index (χ4n) is 7.20. The van der Waals surface area contributed by atoms with Gasteiger partial charge in [-0.25, -0.2) is 0 Å². The molecule has 0 amide bonds. The lowest BCUT2D eigenvalue weighted by Crippen LogP contribution is -2.76. The highest BCUT2D eigenvalue weighted by atomic mass is 31.1. The Balaban J connectivity index is 1.58. The van der Waals surface area contributed by atoms with Crippen molar-refractivity contribution in [3.05, 3.63) is 0 Å². The van der Waals surface area contributed by atoms with Crippen LogP contribution in [0.1, 0.15) is 70.6 Å². The van der Waals surface area contributed by atoms with Gasteiger partial charge in [0.1, 0.15) is 0 Å². The number of hydrogen-bond donors (Lipinski definition) is 0. The zero-order chi connectivity index (χ0) is 11.1. The SMILES string of the molecule is C1CCC23CCCC45CCCCC4P(C2C1)C35. The quantitative estimate of drug-likeness (QED) is 0.534. The molecule has 2 spiro atoms. The fourth-order valence-corrected chi connectivity index (χ4v) is 12.9. The first-order chi connectivity index (χ1) is 8.39. The average molecular weight is 248 g/mol. The molecule has 5 rings (SSSR count). The summed E-state index contributed by atoms with van der Waals surface area (Å²) < 4.78 is 0. The number of fused-ring (bicyclic) bond motifs is 2. The first kappa shape index (κ1) is 10.2. The number of hydrogen-bond acceptors (Lipinski definition) is 0. The predicted molar refractivity (Wildman–Crippen MR) is 73.9 cm³/mol. The van der Waals surface area contributed by atoms with Crippen molar-refractivity contribution < 1.29 is 0 Å². The Labute approximate surface area is 107 Å². The van der Waals surface area contributed by atoms with Crippen LogP contribution in [0.3, 0.4) is 0 Å². The molecule has 0 aromatic rings. The molecule has 0 radical (unpaired) electrons. The molecule has 0 nitrogen and oxygen atoms in total. The summed E-state index contributed by atoms with van der Waals surface area (Å²) in [6.45, 7) is 0. The Morgan fingerprint density at radius 3 is 1.76 bits per heavy atom. The van der Waals surface area contributed by atoms with Gasteiger partial charge in [0.05, 0.1) is 0 Å². The summed E-state index contributed by atoms with van der Waals surface area (Å²) in [6.07, 6.45) is 17.8. The minimum atomic E-state index is 0.535. The zero-order valence-electron chi connectivity index (χ0n) is 11.0. The van der Waals surface area contributed by atoms with Gasteiger partial charge in [0, 0.05) is 0 Å². The second-order valence-electron chi connectivity index (χ2n) is 7.69. The molecule has 94 valence electrons. The minimum absolute atomic E-state index is 0.535. The molecule has 4 unspecified atom stereocenters. The zero-order valence-corrected chi connectivity index (χ0v) is 11.9. The van der Waals surface area contributed by atoms with Crippen molar-refractivity contribution in [3.8, 4) is 0 Å².